The molecule has 43 heavy (non-hydrogen) atoms. The highest BCUT2D eigenvalue weighted by Gasteiger charge is 2.47. The molecule has 11 atom stereocenters. The Hall–Kier alpha value is -3.42. The van der Waals surface area contributed by atoms with Gasteiger partial charge in [0.2, 0.25) is 12.6 Å². The fourth-order valence-electron chi connectivity index (χ4n) is 5.01. The molecule has 12 N–H and O–H groups in total. The molecular formula is C27H33O16+. The van der Waals surface area contributed by atoms with Crippen LogP contribution in [0.5, 0.6) is 28.7 Å². The molecule has 0 aliphatic carbocycles. The summed E-state index contributed by atoms with van der Waals surface area (Å²) in [5, 5.41) is 111. The zero-order valence-corrected chi connectivity index (χ0v) is 22.2. The summed E-state index contributed by atoms with van der Waals surface area (Å²) >= 11 is 0. The molecule has 3 heterocycles. The van der Waals surface area contributed by atoms with Gasteiger partial charge in [-0.1, -0.05) is 0 Å². The summed E-state index contributed by atoms with van der Waals surface area (Å²) in [6.45, 7) is -1.42. The van der Waals surface area contributed by atoms with Gasteiger partial charge in [0.05, 0.1) is 24.8 Å². The number of aromatic hydroxyl groups is 4. The molecule has 2 aromatic carbocycles. The molecule has 0 saturated carbocycles. The Morgan fingerprint density at radius 1 is 0.674 bits per heavy atom. The summed E-state index contributed by atoms with van der Waals surface area (Å²) in [5.74, 6) is -1.36. The second-order valence-electron chi connectivity index (χ2n) is 10.3. The number of aliphatic hydroxyl groups excluding tert-OH is 8. The molecule has 0 bridgehead atoms. The van der Waals surface area contributed by atoms with Crippen molar-refractivity contribution in [1.29, 1.82) is 0 Å². The van der Waals surface area contributed by atoms with E-state index >= 15 is 0 Å². The van der Waals surface area contributed by atoms with Crippen LogP contribution in [0, 0.1) is 0 Å². The molecule has 3 aliphatic heterocycles. The Kier molecular flexibility index (Phi) is 8.87. The van der Waals surface area contributed by atoms with E-state index in [1.54, 1.807) is 0 Å². The third-order valence-corrected chi connectivity index (χ3v) is 7.44. The van der Waals surface area contributed by atoms with E-state index in [2.05, 4.69) is 4.74 Å². The largest absolute Gasteiger partial charge is 0.571 e. The van der Waals surface area contributed by atoms with Crippen molar-refractivity contribution < 1.29 is 79.9 Å². The van der Waals surface area contributed by atoms with Gasteiger partial charge in [-0.05, 0) is 18.2 Å². The Labute approximate surface area is 243 Å². The number of benzene rings is 2. The van der Waals surface area contributed by atoms with Crippen molar-refractivity contribution >= 4 is 6.08 Å². The van der Waals surface area contributed by atoms with Crippen LogP contribution in [-0.2, 0) is 14.2 Å². The van der Waals surface area contributed by atoms with E-state index in [0.717, 1.165) is 6.07 Å². The van der Waals surface area contributed by atoms with Crippen molar-refractivity contribution in [3.05, 3.63) is 47.2 Å². The standard InChI is InChI=1S/C27H32O16/c28-7-17-19(33)21(35)23(37)26(42-17)40-15-3-9(1-2-12(15)31)25-16(6-11-13(32)4-10(30)5-14(11)39-25)41-27-24(38)22(36)20(34)18(8-29)43-27/h1-6,17-38H,7-8H2/p+1. The van der Waals surface area contributed by atoms with Gasteiger partial charge >= 0.3 is 0 Å². The normalized spacial score (nSPS) is 35.8. The molecule has 236 valence electrons. The summed E-state index contributed by atoms with van der Waals surface area (Å²) in [4.78, 5) is 0. The van der Waals surface area contributed by atoms with Gasteiger partial charge in [-0.3, -0.25) is 0 Å². The van der Waals surface area contributed by atoms with E-state index in [4.69, 9.17) is 18.9 Å². The van der Waals surface area contributed by atoms with Gasteiger partial charge < -0.3 is 79.9 Å². The average molecular weight is 614 g/mol. The van der Waals surface area contributed by atoms with E-state index in [-0.39, 0.29) is 39.9 Å². The molecule has 2 aromatic rings. The van der Waals surface area contributed by atoms with E-state index in [9.17, 15) is 56.2 Å². The van der Waals surface area contributed by atoms with Crippen molar-refractivity contribution in [1.82, 2.24) is 0 Å². The van der Waals surface area contributed by atoms with E-state index in [1.807, 2.05) is 0 Å². The van der Waals surface area contributed by atoms with Gasteiger partial charge in [0, 0.05) is 12.1 Å². The van der Waals surface area contributed by atoms with Gasteiger partial charge in [-0.2, -0.15) is 0 Å². The molecule has 16 nitrogen and oxygen atoms in total. The van der Waals surface area contributed by atoms with Crippen molar-refractivity contribution in [2.45, 2.75) is 67.5 Å². The first-order chi connectivity index (χ1) is 20.4. The smallest absolute Gasteiger partial charge is 0.270 e. The summed E-state index contributed by atoms with van der Waals surface area (Å²) in [6.07, 6.45) is -16.0. The van der Waals surface area contributed by atoms with Crippen LogP contribution in [0.15, 0.2) is 36.1 Å². The van der Waals surface area contributed by atoms with Gasteiger partial charge in [-0.15, -0.1) is 0 Å². The van der Waals surface area contributed by atoms with Gasteiger partial charge in [0.25, 0.3) is 11.9 Å². The molecule has 5 rings (SSSR count). The highest BCUT2D eigenvalue weighted by molar-refractivity contribution is 5.69. The molecule has 0 amide bonds. The highest BCUT2D eigenvalue weighted by Crippen LogP contribution is 2.46. The third kappa shape index (κ3) is 5.89. The maximum Gasteiger partial charge on any atom is 0.270 e. The molecular weight excluding hydrogens is 580 g/mol. The van der Waals surface area contributed by atoms with E-state index < -0.39 is 86.5 Å². The molecule has 11 unspecified atom stereocenters. The van der Waals surface area contributed by atoms with Crippen molar-refractivity contribution in [3.63, 3.8) is 0 Å². The van der Waals surface area contributed by atoms with E-state index in [0.29, 0.717) is 0 Å². The predicted molar refractivity (Wildman–Crippen MR) is 140 cm³/mol. The van der Waals surface area contributed by atoms with Crippen molar-refractivity contribution in [3.8, 4) is 28.7 Å². The zero-order valence-electron chi connectivity index (χ0n) is 22.2. The number of rotatable bonds is 7. The molecule has 0 spiro atoms. The first-order valence-electron chi connectivity index (χ1n) is 13.2. The zero-order chi connectivity index (χ0) is 31.2. The Balaban J connectivity index is 1.49. The van der Waals surface area contributed by atoms with Crippen LogP contribution in [0.25, 0.3) is 6.08 Å². The van der Waals surface area contributed by atoms with Crippen molar-refractivity contribution in [2.24, 2.45) is 0 Å². The van der Waals surface area contributed by atoms with Crippen LogP contribution < -0.4 is 4.74 Å². The minimum atomic E-state index is -1.78. The van der Waals surface area contributed by atoms with Gasteiger partial charge in [-0.25, -0.2) is 0 Å². The minimum Gasteiger partial charge on any atom is -0.571 e. The van der Waals surface area contributed by atoms with Gasteiger partial charge in [0.1, 0.15) is 65.9 Å². The summed E-state index contributed by atoms with van der Waals surface area (Å²) in [7, 11) is 0. The Morgan fingerprint density at radius 3 is 1.84 bits per heavy atom. The van der Waals surface area contributed by atoms with Crippen molar-refractivity contribution in [2.75, 3.05) is 13.2 Å². The monoisotopic (exact) mass is 613 g/mol. The van der Waals surface area contributed by atoms with Gasteiger partial charge in [0.15, 0.2) is 17.3 Å². The molecule has 16 heteroatoms. The average Bonchev–Trinajstić information content (AvgIpc) is 2.98. The second-order valence-corrected chi connectivity index (χ2v) is 10.3. The first-order valence-corrected chi connectivity index (χ1v) is 13.2. The Morgan fingerprint density at radius 2 is 1.26 bits per heavy atom. The maximum absolute atomic E-state index is 10.5. The lowest BCUT2D eigenvalue weighted by Crippen LogP contribution is -2.60. The van der Waals surface area contributed by atoms with E-state index in [1.165, 1.54) is 30.3 Å². The molecule has 3 aliphatic rings. The Bertz CT molecular complexity index is 1330. The number of fused-ring (bicyclic) bond motifs is 1. The second kappa shape index (κ2) is 12.3. The molecule has 2 fully saturated rings. The number of ether oxygens (including phenoxy) is 5. The predicted octanol–water partition coefficient (Wildman–Crippen LogP) is -2.86. The number of phenolic OH excluding ortho intramolecular Hbond substituents is 3. The maximum atomic E-state index is 10.5. The summed E-state index contributed by atoms with van der Waals surface area (Å²) < 4.78 is 26.8. The number of hydrogen-bond donors (Lipinski definition) is 11. The van der Waals surface area contributed by atoms with Crippen LogP contribution in [0.4, 0.5) is 0 Å². The fraction of sp³-hybridized carbons (Fsp3) is 0.481. The third-order valence-electron chi connectivity index (χ3n) is 7.44. The van der Waals surface area contributed by atoms with Crippen LogP contribution in [0.2, 0.25) is 0 Å². The SMILES string of the molecule is OCC1OC(OC2=Cc3c(O)cc(O)cc3[OH+]C2c2ccc(O)c(OC3OC(CO)C(O)C(O)C3O)c2)C(O)C(O)C1O. The topological polar surface area (TPSA) is 272 Å². The lowest BCUT2D eigenvalue weighted by molar-refractivity contribution is -0.295. The number of aliphatic hydroxyl groups is 9. The number of phenols is 3. The summed E-state index contributed by atoms with van der Waals surface area (Å²) in [5.41, 5.74) is 0.354. The van der Waals surface area contributed by atoms with Crippen LogP contribution in [0.1, 0.15) is 17.2 Å². The lowest BCUT2D eigenvalue weighted by Gasteiger charge is -2.40. The highest BCUT2D eigenvalue weighted by atomic mass is 16.7. The molecule has 0 radical (unpaired) electrons. The van der Waals surface area contributed by atoms with Crippen LogP contribution in [-0.4, -0.2) is 136 Å². The lowest BCUT2D eigenvalue weighted by atomic mass is 9.98. The fourth-order valence-corrected chi connectivity index (χ4v) is 5.01. The summed E-state index contributed by atoms with van der Waals surface area (Å²) in [6, 6.07) is 6.19. The van der Waals surface area contributed by atoms with Crippen LogP contribution >= 0.6 is 0 Å². The molecule has 2 saturated heterocycles. The quantitative estimate of drug-likeness (QED) is 0.140. The number of hydrogen-bond acceptors (Lipinski definition) is 15. The van der Waals surface area contributed by atoms with Crippen LogP contribution in [0.3, 0.4) is 0 Å². The minimum absolute atomic E-state index is 0.0812. The molecule has 0 aromatic heterocycles. The first kappa shape index (κ1) is 31.0.